The second kappa shape index (κ2) is 9.27. The lowest BCUT2D eigenvalue weighted by atomic mass is 9.94. The van der Waals surface area contributed by atoms with E-state index in [2.05, 4.69) is 37.4 Å². The Morgan fingerprint density at radius 3 is 2.47 bits per heavy atom. The van der Waals surface area contributed by atoms with Gasteiger partial charge >= 0.3 is 0 Å². The molecule has 2 aromatic rings. The average molecular weight is 436 g/mol. The number of nitrogens with one attached hydrogen (secondary N) is 1. The number of rotatable bonds is 5. The quantitative estimate of drug-likeness (QED) is 0.781. The number of aryl methyl sites for hydroxylation is 2. The number of anilines is 1. The highest BCUT2D eigenvalue weighted by Gasteiger charge is 2.31. The Morgan fingerprint density at radius 2 is 1.84 bits per heavy atom. The first-order valence-corrected chi connectivity index (χ1v) is 11.5. The molecule has 1 aromatic heterocycles. The first kappa shape index (κ1) is 22.2. The molecule has 0 spiro atoms. The summed E-state index contributed by atoms with van der Waals surface area (Å²) < 4.78 is 0. The van der Waals surface area contributed by atoms with Crippen LogP contribution in [0.15, 0.2) is 24.3 Å². The number of nitrogens with zero attached hydrogens (tertiary/aromatic N) is 4. The number of carbonyl (C=O) groups is 2. The molecule has 32 heavy (non-hydrogen) atoms. The first-order chi connectivity index (χ1) is 15.3. The summed E-state index contributed by atoms with van der Waals surface area (Å²) in [6.45, 7) is 6.32. The van der Waals surface area contributed by atoms with Gasteiger partial charge in [-0.15, -0.1) is 0 Å². The molecule has 3 heterocycles. The van der Waals surface area contributed by atoms with E-state index in [4.69, 9.17) is 9.97 Å². The SMILES string of the molecule is CNc1cc([C@@H]2CC(=O)N(C)C2)nc(C2CCN(C(=O)Cc3ccc(C)c(C)c3)CC2)n1. The number of carbonyl (C=O) groups excluding carboxylic acids is 2. The third-order valence-electron chi connectivity index (χ3n) is 6.92. The number of benzene rings is 1. The molecule has 1 atom stereocenters. The molecule has 1 aromatic carbocycles. The number of amides is 2. The van der Waals surface area contributed by atoms with Gasteiger partial charge in [-0.2, -0.15) is 0 Å². The van der Waals surface area contributed by atoms with Crippen molar-refractivity contribution in [3.05, 3.63) is 52.5 Å². The van der Waals surface area contributed by atoms with E-state index in [-0.39, 0.29) is 23.7 Å². The van der Waals surface area contributed by atoms with Crippen molar-refractivity contribution in [2.24, 2.45) is 0 Å². The number of hydrogen-bond donors (Lipinski definition) is 1. The van der Waals surface area contributed by atoms with E-state index in [0.29, 0.717) is 19.4 Å². The van der Waals surface area contributed by atoms with E-state index < -0.39 is 0 Å². The smallest absolute Gasteiger partial charge is 0.226 e. The summed E-state index contributed by atoms with van der Waals surface area (Å²) >= 11 is 0. The fourth-order valence-corrected chi connectivity index (χ4v) is 4.65. The fourth-order valence-electron chi connectivity index (χ4n) is 4.65. The average Bonchev–Trinajstić information content (AvgIpc) is 3.14. The topological polar surface area (TPSA) is 78.4 Å². The van der Waals surface area contributed by atoms with Crippen LogP contribution < -0.4 is 5.32 Å². The first-order valence-electron chi connectivity index (χ1n) is 11.5. The standard InChI is InChI=1S/C25H33N5O2/c1-16-5-6-18(11-17(16)2)12-24(32)30-9-7-19(8-10-30)25-27-21(14-22(26-3)28-25)20-13-23(31)29(4)15-20/h5-6,11,14,19-20H,7-10,12-13,15H2,1-4H3,(H,26,27,28)/t20-/m1/s1. The molecular weight excluding hydrogens is 402 g/mol. The summed E-state index contributed by atoms with van der Waals surface area (Å²) in [5.41, 5.74) is 4.48. The van der Waals surface area contributed by atoms with Gasteiger partial charge in [0, 0.05) is 58.1 Å². The zero-order valence-corrected chi connectivity index (χ0v) is 19.5. The van der Waals surface area contributed by atoms with Gasteiger partial charge in [-0.05, 0) is 43.4 Å². The lowest BCUT2D eigenvalue weighted by Gasteiger charge is -2.32. The second-order valence-corrected chi connectivity index (χ2v) is 9.21. The van der Waals surface area contributed by atoms with Crippen LogP contribution in [0.3, 0.4) is 0 Å². The van der Waals surface area contributed by atoms with Crippen LogP contribution in [0.4, 0.5) is 5.82 Å². The van der Waals surface area contributed by atoms with Crippen molar-refractivity contribution in [2.75, 3.05) is 39.0 Å². The van der Waals surface area contributed by atoms with Gasteiger partial charge in [0.1, 0.15) is 11.6 Å². The molecule has 4 rings (SSSR count). The van der Waals surface area contributed by atoms with Gasteiger partial charge in [-0.25, -0.2) is 9.97 Å². The summed E-state index contributed by atoms with van der Waals surface area (Å²) in [6, 6.07) is 8.22. The molecule has 0 unspecified atom stereocenters. The van der Waals surface area contributed by atoms with Gasteiger partial charge in [0.25, 0.3) is 0 Å². The Kier molecular flexibility index (Phi) is 6.44. The van der Waals surface area contributed by atoms with E-state index in [9.17, 15) is 9.59 Å². The molecule has 0 radical (unpaired) electrons. The lowest BCUT2D eigenvalue weighted by Crippen LogP contribution is -2.39. The number of likely N-dealkylation sites (N-methyl/N-ethyl adjacent to an activating group) is 1. The van der Waals surface area contributed by atoms with Gasteiger partial charge in [-0.1, -0.05) is 18.2 Å². The molecule has 170 valence electrons. The molecule has 0 aliphatic carbocycles. The minimum atomic E-state index is 0.112. The van der Waals surface area contributed by atoms with Crippen LogP contribution in [0.2, 0.25) is 0 Å². The Balaban J connectivity index is 1.41. The van der Waals surface area contributed by atoms with Gasteiger partial charge < -0.3 is 15.1 Å². The predicted molar refractivity (Wildman–Crippen MR) is 125 cm³/mol. The van der Waals surface area contributed by atoms with E-state index in [0.717, 1.165) is 48.8 Å². The molecule has 0 bridgehead atoms. The maximum atomic E-state index is 12.8. The summed E-state index contributed by atoms with van der Waals surface area (Å²) in [4.78, 5) is 38.2. The van der Waals surface area contributed by atoms with Crippen LogP contribution >= 0.6 is 0 Å². The maximum Gasteiger partial charge on any atom is 0.226 e. The van der Waals surface area contributed by atoms with Crippen LogP contribution in [0.25, 0.3) is 0 Å². The number of piperidine rings is 1. The van der Waals surface area contributed by atoms with Crippen LogP contribution in [0, 0.1) is 13.8 Å². The summed E-state index contributed by atoms with van der Waals surface area (Å²) in [5, 5.41) is 3.14. The summed E-state index contributed by atoms with van der Waals surface area (Å²) in [6.07, 6.45) is 2.66. The second-order valence-electron chi connectivity index (χ2n) is 9.21. The highest BCUT2D eigenvalue weighted by molar-refractivity contribution is 5.79. The Labute approximate surface area is 190 Å². The lowest BCUT2D eigenvalue weighted by molar-refractivity contribution is -0.131. The molecule has 2 saturated heterocycles. The van der Waals surface area contributed by atoms with Crippen molar-refractivity contribution >= 4 is 17.6 Å². The van der Waals surface area contributed by atoms with E-state index in [1.807, 2.05) is 25.1 Å². The zero-order valence-electron chi connectivity index (χ0n) is 19.5. The number of likely N-dealkylation sites (tertiary alicyclic amines) is 2. The number of hydrogen-bond acceptors (Lipinski definition) is 5. The van der Waals surface area contributed by atoms with Crippen molar-refractivity contribution in [2.45, 2.75) is 51.4 Å². The molecule has 2 aliphatic heterocycles. The summed E-state index contributed by atoms with van der Waals surface area (Å²) in [7, 11) is 3.70. The molecule has 2 amide bonds. The molecule has 0 saturated carbocycles. The highest BCUT2D eigenvalue weighted by atomic mass is 16.2. The van der Waals surface area contributed by atoms with Crippen LogP contribution in [0.1, 0.15) is 59.3 Å². The Morgan fingerprint density at radius 1 is 1.09 bits per heavy atom. The number of aromatic nitrogens is 2. The molecule has 1 N–H and O–H groups in total. The summed E-state index contributed by atoms with van der Waals surface area (Å²) in [5.74, 6) is 2.31. The van der Waals surface area contributed by atoms with Crippen molar-refractivity contribution < 1.29 is 9.59 Å². The zero-order chi connectivity index (χ0) is 22.8. The predicted octanol–water partition coefficient (Wildman–Crippen LogP) is 3.03. The van der Waals surface area contributed by atoms with E-state index in [1.54, 1.807) is 4.90 Å². The van der Waals surface area contributed by atoms with Crippen molar-refractivity contribution in [1.29, 1.82) is 0 Å². The van der Waals surface area contributed by atoms with Gasteiger partial charge in [0.05, 0.1) is 12.1 Å². The third-order valence-corrected chi connectivity index (χ3v) is 6.92. The molecule has 2 fully saturated rings. The molecule has 7 heteroatoms. The minimum Gasteiger partial charge on any atom is -0.373 e. The molecular formula is C25H33N5O2. The van der Waals surface area contributed by atoms with Crippen LogP contribution in [0.5, 0.6) is 0 Å². The van der Waals surface area contributed by atoms with E-state index >= 15 is 0 Å². The van der Waals surface area contributed by atoms with E-state index in [1.165, 1.54) is 11.1 Å². The minimum absolute atomic E-state index is 0.112. The largest absolute Gasteiger partial charge is 0.373 e. The van der Waals surface area contributed by atoms with Gasteiger partial charge in [0.15, 0.2) is 0 Å². The fraction of sp³-hybridized carbons (Fsp3) is 0.520. The molecule has 2 aliphatic rings. The van der Waals surface area contributed by atoms with Crippen molar-refractivity contribution in [3.63, 3.8) is 0 Å². The highest BCUT2D eigenvalue weighted by Crippen LogP contribution is 2.31. The van der Waals surface area contributed by atoms with Gasteiger partial charge in [-0.3, -0.25) is 9.59 Å². The Bertz CT molecular complexity index is 1010. The van der Waals surface area contributed by atoms with Crippen LogP contribution in [-0.2, 0) is 16.0 Å². The van der Waals surface area contributed by atoms with Gasteiger partial charge in [0.2, 0.25) is 11.8 Å². The van der Waals surface area contributed by atoms with Crippen molar-refractivity contribution in [1.82, 2.24) is 19.8 Å². The van der Waals surface area contributed by atoms with Crippen molar-refractivity contribution in [3.8, 4) is 0 Å². The Hall–Kier alpha value is -2.96. The molecule has 7 nitrogen and oxygen atoms in total. The maximum absolute atomic E-state index is 12.8. The normalized spacial score (nSPS) is 19.5. The third kappa shape index (κ3) is 4.76. The van der Waals surface area contributed by atoms with Crippen LogP contribution in [-0.4, -0.2) is 65.3 Å². The monoisotopic (exact) mass is 435 g/mol.